The van der Waals surface area contributed by atoms with Gasteiger partial charge in [0.1, 0.15) is 0 Å². The molecule has 2 aromatic rings. The minimum atomic E-state index is -0.513. The van der Waals surface area contributed by atoms with E-state index in [2.05, 4.69) is 31.3 Å². The molecule has 130 valence electrons. The predicted octanol–water partition coefficient (Wildman–Crippen LogP) is 3.79. The van der Waals surface area contributed by atoms with Crippen LogP contribution in [0.5, 0.6) is 0 Å². The molecule has 0 bridgehead atoms. The summed E-state index contributed by atoms with van der Waals surface area (Å²) in [6, 6.07) is 16.6. The molecule has 1 atom stereocenters. The van der Waals surface area contributed by atoms with Crippen molar-refractivity contribution >= 4 is 17.6 Å². The highest BCUT2D eigenvalue weighted by molar-refractivity contribution is 5.96. The van der Waals surface area contributed by atoms with Crippen LogP contribution in [0.1, 0.15) is 42.2 Å². The summed E-state index contributed by atoms with van der Waals surface area (Å²) in [5, 5.41) is 2.90. The molecule has 1 saturated heterocycles. The highest BCUT2D eigenvalue weighted by atomic mass is 16.2. The summed E-state index contributed by atoms with van der Waals surface area (Å²) >= 11 is 0. The van der Waals surface area contributed by atoms with Crippen molar-refractivity contribution in [3.05, 3.63) is 65.7 Å². The number of carbonyl (C=O) groups is 2. The third kappa shape index (κ3) is 3.82. The lowest BCUT2D eigenvalue weighted by molar-refractivity contribution is 0.1000. The molecule has 1 aliphatic heterocycles. The SMILES string of the molecule is CC1(C)CC(c2ccccc2)N(C(=O)Nc2cccc(C(N)=O)c2)C1. The number of amides is 3. The molecular weight excluding hydrogens is 314 g/mol. The number of likely N-dealkylation sites (tertiary alicyclic amines) is 1. The Morgan fingerprint density at radius 3 is 2.52 bits per heavy atom. The second-order valence-electron chi connectivity index (χ2n) is 7.30. The normalized spacial score (nSPS) is 18.8. The van der Waals surface area contributed by atoms with Crippen molar-refractivity contribution in [1.82, 2.24) is 4.90 Å². The number of carbonyl (C=O) groups excluding carboxylic acids is 2. The van der Waals surface area contributed by atoms with E-state index in [4.69, 9.17) is 5.73 Å². The smallest absolute Gasteiger partial charge is 0.322 e. The number of nitrogens with one attached hydrogen (secondary N) is 1. The fourth-order valence-electron chi connectivity index (χ4n) is 3.40. The number of urea groups is 1. The predicted molar refractivity (Wildman–Crippen MR) is 98.3 cm³/mol. The first-order valence-corrected chi connectivity index (χ1v) is 8.38. The Kier molecular flexibility index (Phi) is 4.49. The third-order valence-corrected chi connectivity index (χ3v) is 4.56. The van der Waals surface area contributed by atoms with Gasteiger partial charge in [-0.3, -0.25) is 4.79 Å². The van der Waals surface area contributed by atoms with Crippen LogP contribution in [-0.2, 0) is 0 Å². The molecule has 5 heteroatoms. The minimum absolute atomic E-state index is 0.0375. The van der Waals surface area contributed by atoms with Gasteiger partial charge in [-0.05, 0) is 35.6 Å². The molecule has 3 rings (SSSR count). The first-order valence-electron chi connectivity index (χ1n) is 8.38. The minimum Gasteiger partial charge on any atom is -0.366 e. The molecule has 25 heavy (non-hydrogen) atoms. The van der Waals surface area contributed by atoms with Crippen LogP contribution in [0.3, 0.4) is 0 Å². The summed E-state index contributed by atoms with van der Waals surface area (Å²) < 4.78 is 0. The Morgan fingerprint density at radius 2 is 1.84 bits per heavy atom. The van der Waals surface area contributed by atoms with Gasteiger partial charge in [0.25, 0.3) is 0 Å². The molecule has 0 radical (unpaired) electrons. The summed E-state index contributed by atoms with van der Waals surface area (Å²) in [4.78, 5) is 26.0. The Bertz CT molecular complexity index is 787. The Hall–Kier alpha value is -2.82. The zero-order valence-corrected chi connectivity index (χ0v) is 14.5. The fraction of sp³-hybridized carbons (Fsp3) is 0.300. The zero-order valence-electron chi connectivity index (χ0n) is 14.5. The number of rotatable bonds is 3. The lowest BCUT2D eigenvalue weighted by Gasteiger charge is -2.25. The molecule has 1 fully saturated rings. The summed E-state index contributed by atoms with van der Waals surface area (Å²) in [7, 11) is 0. The van der Waals surface area contributed by atoms with Crippen LogP contribution in [-0.4, -0.2) is 23.4 Å². The maximum absolute atomic E-state index is 12.9. The van der Waals surface area contributed by atoms with Gasteiger partial charge in [0.15, 0.2) is 0 Å². The molecule has 3 N–H and O–H groups in total. The van der Waals surface area contributed by atoms with Crippen LogP contribution < -0.4 is 11.1 Å². The van der Waals surface area contributed by atoms with Gasteiger partial charge in [-0.2, -0.15) is 0 Å². The summed E-state index contributed by atoms with van der Waals surface area (Å²) in [5.41, 5.74) is 7.43. The maximum Gasteiger partial charge on any atom is 0.322 e. The quantitative estimate of drug-likeness (QED) is 0.894. The second-order valence-corrected chi connectivity index (χ2v) is 7.30. The van der Waals surface area contributed by atoms with E-state index in [-0.39, 0.29) is 17.5 Å². The number of nitrogens with zero attached hydrogens (tertiary/aromatic N) is 1. The van der Waals surface area contributed by atoms with Gasteiger partial charge in [-0.1, -0.05) is 50.2 Å². The van der Waals surface area contributed by atoms with E-state index in [0.717, 1.165) is 12.0 Å². The van der Waals surface area contributed by atoms with Gasteiger partial charge in [0, 0.05) is 17.8 Å². The van der Waals surface area contributed by atoms with Crippen molar-refractivity contribution in [3.63, 3.8) is 0 Å². The van der Waals surface area contributed by atoms with Crippen LogP contribution in [0, 0.1) is 5.41 Å². The molecule has 0 spiro atoms. The van der Waals surface area contributed by atoms with Crippen molar-refractivity contribution in [3.8, 4) is 0 Å². The topological polar surface area (TPSA) is 75.4 Å². The zero-order chi connectivity index (χ0) is 18.0. The molecule has 5 nitrogen and oxygen atoms in total. The summed E-state index contributed by atoms with van der Waals surface area (Å²) in [6.07, 6.45) is 0.908. The summed E-state index contributed by atoms with van der Waals surface area (Å²) in [6.45, 7) is 5.02. The van der Waals surface area contributed by atoms with E-state index in [9.17, 15) is 9.59 Å². The first kappa shape index (κ1) is 17.0. The van der Waals surface area contributed by atoms with Crippen LogP contribution in [0.15, 0.2) is 54.6 Å². The monoisotopic (exact) mass is 337 g/mol. The van der Waals surface area contributed by atoms with E-state index in [1.54, 1.807) is 24.3 Å². The molecular formula is C20H23N3O2. The lowest BCUT2D eigenvalue weighted by atomic mass is 9.89. The molecule has 0 aromatic heterocycles. The molecule has 2 aromatic carbocycles. The number of hydrogen-bond donors (Lipinski definition) is 2. The van der Waals surface area contributed by atoms with E-state index < -0.39 is 5.91 Å². The van der Waals surface area contributed by atoms with Crippen LogP contribution in [0.2, 0.25) is 0 Å². The van der Waals surface area contributed by atoms with Gasteiger partial charge < -0.3 is 16.0 Å². The van der Waals surface area contributed by atoms with Crippen molar-refractivity contribution in [2.24, 2.45) is 11.1 Å². The van der Waals surface area contributed by atoms with Crippen molar-refractivity contribution in [1.29, 1.82) is 0 Å². The molecule has 1 aliphatic rings. The largest absolute Gasteiger partial charge is 0.366 e. The summed E-state index contributed by atoms with van der Waals surface area (Å²) in [5.74, 6) is -0.513. The van der Waals surface area contributed by atoms with Gasteiger partial charge in [0.2, 0.25) is 5.91 Å². The van der Waals surface area contributed by atoms with Crippen LogP contribution in [0.25, 0.3) is 0 Å². The second kappa shape index (κ2) is 6.59. The van der Waals surface area contributed by atoms with Crippen molar-refractivity contribution in [2.75, 3.05) is 11.9 Å². The number of anilines is 1. The molecule has 3 amide bonds. The van der Waals surface area contributed by atoms with Gasteiger partial charge in [-0.25, -0.2) is 4.79 Å². The van der Waals surface area contributed by atoms with Crippen LogP contribution >= 0.6 is 0 Å². The molecule has 0 aliphatic carbocycles. The van der Waals surface area contributed by atoms with Crippen LogP contribution in [0.4, 0.5) is 10.5 Å². The third-order valence-electron chi connectivity index (χ3n) is 4.56. The van der Waals surface area contributed by atoms with E-state index in [0.29, 0.717) is 17.8 Å². The fourth-order valence-corrected chi connectivity index (χ4v) is 3.40. The molecule has 0 saturated carbocycles. The number of nitrogens with two attached hydrogens (primary N) is 1. The van der Waals surface area contributed by atoms with Crippen molar-refractivity contribution < 1.29 is 9.59 Å². The van der Waals surface area contributed by atoms with E-state index >= 15 is 0 Å². The first-order chi connectivity index (χ1) is 11.9. The Morgan fingerprint density at radius 1 is 1.12 bits per heavy atom. The number of hydrogen-bond acceptors (Lipinski definition) is 2. The van der Waals surface area contributed by atoms with Gasteiger partial charge >= 0.3 is 6.03 Å². The standard InChI is InChI=1S/C20H23N3O2/c1-20(2)12-17(14-7-4-3-5-8-14)23(13-20)19(25)22-16-10-6-9-15(11-16)18(21)24/h3-11,17H,12-13H2,1-2H3,(H2,21,24)(H,22,25). The number of primary amides is 1. The average Bonchev–Trinajstić information content (AvgIpc) is 2.92. The molecule has 1 heterocycles. The lowest BCUT2D eigenvalue weighted by Crippen LogP contribution is -2.35. The maximum atomic E-state index is 12.9. The van der Waals surface area contributed by atoms with Gasteiger partial charge in [0.05, 0.1) is 6.04 Å². The van der Waals surface area contributed by atoms with Gasteiger partial charge in [-0.15, -0.1) is 0 Å². The number of benzene rings is 2. The van der Waals surface area contributed by atoms with E-state index in [1.165, 1.54) is 0 Å². The Balaban J connectivity index is 1.82. The Labute approximate surface area is 147 Å². The average molecular weight is 337 g/mol. The van der Waals surface area contributed by atoms with E-state index in [1.807, 2.05) is 23.1 Å². The highest BCUT2D eigenvalue weighted by Gasteiger charge is 2.40. The molecule has 1 unspecified atom stereocenters. The van der Waals surface area contributed by atoms with Crippen molar-refractivity contribution in [2.45, 2.75) is 26.3 Å². The highest BCUT2D eigenvalue weighted by Crippen LogP contribution is 2.42.